The highest BCUT2D eigenvalue weighted by Crippen LogP contribution is 2.28. The van der Waals surface area contributed by atoms with Crippen LogP contribution >= 0.6 is 11.3 Å². The maximum absolute atomic E-state index is 12.3. The zero-order chi connectivity index (χ0) is 13.2. The summed E-state index contributed by atoms with van der Waals surface area (Å²) < 4.78 is 1.19. The number of nitrogens with one attached hydrogen (secondary N) is 2. The molecule has 1 saturated heterocycles. The van der Waals surface area contributed by atoms with E-state index in [9.17, 15) is 4.79 Å². The summed E-state index contributed by atoms with van der Waals surface area (Å²) in [6.45, 7) is 4.03. The van der Waals surface area contributed by atoms with Crippen LogP contribution in [0, 0.1) is 6.92 Å². The minimum Gasteiger partial charge on any atom is -0.347 e. The molecule has 4 heteroatoms. The van der Waals surface area contributed by atoms with Gasteiger partial charge in [-0.05, 0) is 49.4 Å². The molecule has 100 valence electrons. The molecule has 1 unspecified atom stereocenters. The molecular formula is C15H18N2OS. The molecular weight excluding hydrogens is 256 g/mol. The van der Waals surface area contributed by atoms with Gasteiger partial charge in [0, 0.05) is 17.3 Å². The molecule has 2 aromatic rings. The number of thiophene rings is 1. The lowest BCUT2D eigenvalue weighted by molar-refractivity contribution is 0.0935. The van der Waals surface area contributed by atoms with Crippen molar-refractivity contribution in [1.82, 2.24) is 10.6 Å². The Morgan fingerprint density at radius 3 is 3.11 bits per heavy atom. The number of carbonyl (C=O) groups is 1. The third kappa shape index (κ3) is 2.65. The minimum atomic E-state index is 0.0642. The molecule has 2 heterocycles. The standard InChI is InChI=1S/C15H18N2OS/c1-10-4-2-6-13-12(10)8-14(19-13)15(18)17-11-5-3-7-16-9-11/h2,4,6,8,11,16H,3,5,7,9H2,1H3,(H,17,18). The molecule has 1 fully saturated rings. The van der Waals surface area contributed by atoms with E-state index in [0.717, 1.165) is 30.8 Å². The van der Waals surface area contributed by atoms with Crippen LogP contribution in [0.3, 0.4) is 0 Å². The van der Waals surface area contributed by atoms with Crippen molar-refractivity contribution >= 4 is 27.3 Å². The van der Waals surface area contributed by atoms with E-state index in [1.807, 2.05) is 12.1 Å². The van der Waals surface area contributed by atoms with Crippen LogP contribution in [-0.2, 0) is 0 Å². The van der Waals surface area contributed by atoms with E-state index in [4.69, 9.17) is 0 Å². The number of benzene rings is 1. The summed E-state index contributed by atoms with van der Waals surface area (Å²) >= 11 is 1.58. The molecule has 0 radical (unpaired) electrons. The Labute approximate surface area is 117 Å². The van der Waals surface area contributed by atoms with Gasteiger partial charge in [-0.15, -0.1) is 11.3 Å². The van der Waals surface area contributed by atoms with E-state index in [-0.39, 0.29) is 11.9 Å². The lowest BCUT2D eigenvalue weighted by Crippen LogP contribution is -2.45. The molecule has 3 rings (SSSR count). The molecule has 0 spiro atoms. The Hall–Kier alpha value is -1.39. The van der Waals surface area contributed by atoms with Crippen molar-refractivity contribution in [2.45, 2.75) is 25.8 Å². The number of carbonyl (C=O) groups excluding carboxylic acids is 1. The van der Waals surface area contributed by atoms with Crippen LogP contribution in [0.25, 0.3) is 10.1 Å². The van der Waals surface area contributed by atoms with Gasteiger partial charge in [-0.3, -0.25) is 4.79 Å². The number of aryl methyl sites for hydroxylation is 1. The third-order valence-electron chi connectivity index (χ3n) is 3.64. The highest BCUT2D eigenvalue weighted by Gasteiger charge is 2.18. The van der Waals surface area contributed by atoms with Gasteiger partial charge in [0.2, 0.25) is 0 Å². The van der Waals surface area contributed by atoms with E-state index in [0.29, 0.717) is 0 Å². The van der Waals surface area contributed by atoms with Gasteiger partial charge < -0.3 is 10.6 Å². The second-order valence-corrected chi connectivity index (χ2v) is 6.20. The van der Waals surface area contributed by atoms with Crippen molar-refractivity contribution in [2.75, 3.05) is 13.1 Å². The van der Waals surface area contributed by atoms with Crippen molar-refractivity contribution in [3.05, 3.63) is 34.7 Å². The molecule has 1 atom stereocenters. The van der Waals surface area contributed by atoms with E-state index >= 15 is 0 Å². The number of amides is 1. The molecule has 2 N–H and O–H groups in total. The first-order chi connectivity index (χ1) is 9.24. The average molecular weight is 274 g/mol. The molecule has 1 aromatic heterocycles. The Kier molecular flexibility index (Phi) is 3.53. The molecule has 3 nitrogen and oxygen atoms in total. The van der Waals surface area contributed by atoms with Gasteiger partial charge in [-0.25, -0.2) is 0 Å². The maximum atomic E-state index is 12.3. The molecule has 0 bridgehead atoms. The largest absolute Gasteiger partial charge is 0.347 e. The first kappa shape index (κ1) is 12.6. The fourth-order valence-electron chi connectivity index (χ4n) is 2.55. The van der Waals surface area contributed by atoms with Crippen LogP contribution in [0.2, 0.25) is 0 Å². The fraction of sp³-hybridized carbons (Fsp3) is 0.400. The summed E-state index contributed by atoms with van der Waals surface area (Å²) in [7, 11) is 0. The Bertz CT molecular complexity index is 599. The van der Waals surface area contributed by atoms with Gasteiger partial charge in [0.15, 0.2) is 0 Å². The Balaban J connectivity index is 1.79. The molecule has 0 aliphatic carbocycles. The summed E-state index contributed by atoms with van der Waals surface area (Å²) in [6, 6.07) is 8.49. The lowest BCUT2D eigenvalue weighted by atomic mass is 10.1. The molecule has 1 amide bonds. The quantitative estimate of drug-likeness (QED) is 0.884. The van der Waals surface area contributed by atoms with Gasteiger partial charge in [0.05, 0.1) is 4.88 Å². The SMILES string of the molecule is Cc1cccc2sc(C(=O)NC3CCCNC3)cc12. The first-order valence-electron chi connectivity index (χ1n) is 6.75. The summed E-state index contributed by atoms with van der Waals surface area (Å²) in [6.07, 6.45) is 2.21. The van der Waals surface area contributed by atoms with Crippen molar-refractivity contribution in [3.63, 3.8) is 0 Å². The highest BCUT2D eigenvalue weighted by atomic mass is 32.1. The van der Waals surface area contributed by atoms with E-state index < -0.39 is 0 Å². The molecule has 1 aliphatic rings. The predicted molar refractivity (Wildman–Crippen MR) is 79.9 cm³/mol. The first-order valence-corrected chi connectivity index (χ1v) is 7.56. The normalized spacial score (nSPS) is 19.5. The Morgan fingerprint density at radius 1 is 1.47 bits per heavy atom. The van der Waals surface area contributed by atoms with Crippen molar-refractivity contribution in [3.8, 4) is 0 Å². The monoisotopic (exact) mass is 274 g/mol. The van der Waals surface area contributed by atoms with Gasteiger partial charge in [-0.1, -0.05) is 12.1 Å². The second kappa shape index (κ2) is 5.31. The van der Waals surface area contributed by atoms with E-state index in [1.54, 1.807) is 11.3 Å². The van der Waals surface area contributed by atoms with Crippen LogP contribution in [0.4, 0.5) is 0 Å². The maximum Gasteiger partial charge on any atom is 0.261 e. The number of hydrogen-bond acceptors (Lipinski definition) is 3. The second-order valence-electron chi connectivity index (χ2n) is 5.11. The van der Waals surface area contributed by atoms with Gasteiger partial charge in [0.1, 0.15) is 0 Å². The van der Waals surface area contributed by atoms with Crippen molar-refractivity contribution in [2.24, 2.45) is 0 Å². The highest BCUT2D eigenvalue weighted by molar-refractivity contribution is 7.20. The van der Waals surface area contributed by atoms with E-state index in [2.05, 4.69) is 29.7 Å². The summed E-state index contributed by atoms with van der Waals surface area (Å²) in [5.74, 6) is 0.0642. The molecule has 1 aliphatic heterocycles. The van der Waals surface area contributed by atoms with Crippen molar-refractivity contribution in [1.29, 1.82) is 0 Å². The summed E-state index contributed by atoms with van der Waals surface area (Å²) in [4.78, 5) is 13.1. The zero-order valence-electron chi connectivity index (χ0n) is 11.0. The topological polar surface area (TPSA) is 41.1 Å². The molecule has 0 saturated carbocycles. The lowest BCUT2D eigenvalue weighted by Gasteiger charge is -2.23. The number of piperidine rings is 1. The van der Waals surface area contributed by atoms with Crippen molar-refractivity contribution < 1.29 is 4.79 Å². The summed E-state index contributed by atoms with van der Waals surface area (Å²) in [5.41, 5.74) is 1.23. The smallest absolute Gasteiger partial charge is 0.261 e. The van der Waals surface area contributed by atoms with Crippen LogP contribution in [0.1, 0.15) is 28.1 Å². The summed E-state index contributed by atoms with van der Waals surface area (Å²) in [5, 5.41) is 7.63. The minimum absolute atomic E-state index is 0.0642. The van der Waals surface area contributed by atoms with Crippen LogP contribution in [-0.4, -0.2) is 25.0 Å². The third-order valence-corrected chi connectivity index (χ3v) is 4.73. The Morgan fingerprint density at radius 2 is 2.37 bits per heavy atom. The van der Waals surface area contributed by atoms with Crippen LogP contribution in [0.5, 0.6) is 0 Å². The average Bonchev–Trinajstić information content (AvgIpc) is 2.85. The number of rotatable bonds is 2. The molecule has 1 aromatic carbocycles. The predicted octanol–water partition coefficient (Wildman–Crippen LogP) is 2.69. The zero-order valence-corrected chi connectivity index (χ0v) is 11.8. The van der Waals surface area contributed by atoms with E-state index in [1.165, 1.54) is 15.6 Å². The van der Waals surface area contributed by atoms with Crippen LogP contribution in [0.15, 0.2) is 24.3 Å². The van der Waals surface area contributed by atoms with Gasteiger partial charge >= 0.3 is 0 Å². The fourth-order valence-corrected chi connectivity index (χ4v) is 3.59. The number of hydrogen-bond donors (Lipinski definition) is 2. The number of fused-ring (bicyclic) bond motifs is 1. The van der Waals surface area contributed by atoms with Gasteiger partial charge in [0.25, 0.3) is 5.91 Å². The molecule has 19 heavy (non-hydrogen) atoms. The van der Waals surface area contributed by atoms with Crippen LogP contribution < -0.4 is 10.6 Å². The van der Waals surface area contributed by atoms with Gasteiger partial charge in [-0.2, -0.15) is 0 Å².